The van der Waals surface area contributed by atoms with Crippen LogP contribution in [0.3, 0.4) is 0 Å². The van der Waals surface area contributed by atoms with Crippen LogP contribution >= 0.6 is 0 Å². The zero-order valence-corrected chi connectivity index (χ0v) is 10.4. The van der Waals surface area contributed by atoms with E-state index in [1.807, 2.05) is 13.8 Å². The minimum absolute atomic E-state index is 0.156. The molecule has 16 heavy (non-hydrogen) atoms. The summed E-state index contributed by atoms with van der Waals surface area (Å²) in [6.45, 7) is 6.53. The van der Waals surface area contributed by atoms with Gasteiger partial charge in [-0.15, -0.1) is 0 Å². The van der Waals surface area contributed by atoms with Crippen molar-refractivity contribution in [3.8, 4) is 0 Å². The van der Waals surface area contributed by atoms with Gasteiger partial charge < -0.3 is 15.4 Å². The highest BCUT2D eigenvalue weighted by Gasteiger charge is 2.16. The summed E-state index contributed by atoms with van der Waals surface area (Å²) in [7, 11) is 0. The zero-order chi connectivity index (χ0) is 11.8. The molecule has 0 aliphatic carbocycles. The molecule has 0 aromatic rings. The Bertz CT molecular complexity index is 201. The summed E-state index contributed by atoms with van der Waals surface area (Å²) in [5, 5.41) is 6.24. The minimum atomic E-state index is 0.156. The van der Waals surface area contributed by atoms with Crippen molar-refractivity contribution in [1.29, 1.82) is 0 Å². The molecule has 1 heterocycles. The van der Waals surface area contributed by atoms with Gasteiger partial charge in [0.1, 0.15) is 0 Å². The van der Waals surface area contributed by atoms with E-state index in [1.54, 1.807) is 0 Å². The smallest absolute Gasteiger partial charge is 0.221 e. The summed E-state index contributed by atoms with van der Waals surface area (Å²) in [5.41, 5.74) is 0. The van der Waals surface area contributed by atoms with Crippen LogP contribution in [0.15, 0.2) is 0 Å². The van der Waals surface area contributed by atoms with Crippen LogP contribution in [-0.2, 0) is 9.53 Å². The van der Waals surface area contributed by atoms with E-state index in [0.717, 1.165) is 32.5 Å². The van der Waals surface area contributed by atoms with Crippen molar-refractivity contribution in [2.45, 2.75) is 51.7 Å². The highest BCUT2D eigenvalue weighted by atomic mass is 16.5. The Morgan fingerprint density at radius 3 is 3.00 bits per heavy atom. The summed E-state index contributed by atoms with van der Waals surface area (Å²) >= 11 is 0. The van der Waals surface area contributed by atoms with E-state index >= 15 is 0 Å². The van der Waals surface area contributed by atoms with E-state index in [4.69, 9.17) is 4.74 Å². The molecule has 0 bridgehead atoms. The fourth-order valence-electron chi connectivity index (χ4n) is 1.85. The maximum Gasteiger partial charge on any atom is 0.221 e. The minimum Gasteiger partial charge on any atom is -0.379 e. The first kappa shape index (κ1) is 13.5. The van der Waals surface area contributed by atoms with Crippen molar-refractivity contribution in [3.63, 3.8) is 0 Å². The van der Waals surface area contributed by atoms with Crippen LogP contribution < -0.4 is 10.6 Å². The number of hydrogen-bond donors (Lipinski definition) is 2. The lowest BCUT2D eigenvalue weighted by Gasteiger charge is -2.11. The molecule has 1 rings (SSSR count). The van der Waals surface area contributed by atoms with E-state index in [0.29, 0.717) is 12.5 Å². The Labute approximate surface area is 98.1 Å². The normalized spacial score (nSPS) is 20.3. The molecule has 0 saturated carbocycles. The third-order valence-electron chi connectivity index (χ3n) is 2.69. The Hall–Kier alpha value is -0.610. The standard InChI is InChI=1S/C12H24N2O2/c1-10(2)16-8-4-7-14-12(15)9-11-5-3-6-13-11/h10-11,13H,3-9H2,1-2H3,(H,14,15). The van der Waals surface area contributed by atoms with Gasteiger partial charge in [-0.2, -0.15) is 0 Å². The first-order valence-corrected chi connectivity index (χ1v) is 6.30. The summed E-state index contributed by atoms with van der Waals surface area (Å²) in [6.07, 6.45) is 4.11. The number of carbonyl (C=O) groups is 1. The molecule has 2 N–H and O–H groups in total. The first-order chi connectivity index (χ1) is 7.68. The molecule has 0 aromatic carbocycles. The summed E-state index contributed by atoms with van der Waals surface area (Å²) < 4.78 is 5.39. The monoisotopic (exact) mass is 228 g/mol. The van der Waals surface area contributed by atoms with Gasteiger partial charge in [0.25, 0.3) is 0 Å². The molecule has 1 aliphatic rings. The number of ether oxygens (including phenoxy) is 1. The van der Waals surface area contributed by atoms with Gasteiger partial charge in [0.05, 0.1) is 6.10 Å². The van der Waals surface area contributed by atoms with Crippen LogP contribution in [0.4, 0.5) is 0 Å². The van der Waals surface area contributed by atoms with Gasteiger partial charge in [0, 0.05) is 25.6 Å². The molecule has 0 radical (unpaired) electrons. The average Bonchev–Trinajstić information content (AvgIpc) is 2.69. The maximum absolute atomic E-state index is 11.5. The van der Waals surface area contributed by atoms with Gasteiger partial charge in [-0.05, 0) is 39.7 Å². The molecule has 1 amide bonds. The topological polar surface area (TPSA) is 50.4 Å². The third-order valence-corrected chi connectivity index (χ3v) is 2.69. The van der Waals surface area contributed by atoms with E-state index in [2.05, 4.69) is 10.6 Å². The largest absolute Gasteiger partial charge is 0.379 e. The molecular weight excluding hydrogens is 204 g/mol. The molecule has 94 valence electrons. The average molecular weight is 228 g/mol. The third kappa shape index (κ3) is 6.08. The molecule has 1 aliphatic heterocycles. The summed E-state index contributed by atoms with van der Waals surface area (Å²) in [6, 6.07) is 0.395. The second-order valence-electron chi connectivity index (χ2n) is 4.62. The Balaban J connectivity index is 1.93. The molecular formula is C12H24N2O2. The highest BCUT2D eigenvalue weighted by Crippen LogP contribution is 2.07. The predicted molar refractivity (Wildman–Crippen MR) is 64.4 cm³/mol. The van der Waals surface area contributed by atoms with Crippen molar-refractivity contribution < 1.29 is 9.53 Å². The van der Waals surface area contributed by atoms with Crippen molar-refractivity contribution in [3.05, 3.63) is 0 Å². The van der Waals surface area contributed by atoms with Crippen LogP contribution in [0, 0.1) is 0 Å². The molecule has 4 nitrogen and oxygen atoms in total. The van der Waals surface area contributed by atoms with Crippen molar-refractivity contribution in [2.24, 2.45) is 0 Å². The fraction of sp³-hybridized carbons (Fsp3) is 0.917. The first-order valence-electron chi connectivity index (χ1n) is 6.30. The second kappa shape index (κ2) is 7.63. The molecule has 0 spiro atoms. The Morgan fingerprint density at radius 1 is 1.56 bits per heavy atom. The molecule has 0 aromatic heterocycles. The predicted octanol–water partition coefficient (Wildman–Crippen LogP) is 1.06. The second-order valence-corrected chi connectivity index (χ2v) is 4.62. The van der Waals surface area contributed by atoms with Gasteiger partial charge in [-0.1, -0.05) is 0 Å². The molecule has 1 unspecified atom stereocenters. The molecule has 1 saturated heterocycles. The van der Waals surface area contributed by atoms with Gasteiger partial charge in [-0.25, -0.2) is 0 Å². The number of nitrogens with one attached hydrogen (secondary N) is 2. The summed E-state index contributed by atoms with van der Waals surface area (Å²) in [5.74, 6) is 0.156. The van der Waals surface area contributed by atoms with Crippen LogP contribution in [0.25, 0.3) is 0 Å². The lowest BCUT2D eigenvalue weighted by atomic mass is 10.1. The fourth-order valence-corrected chi connectivity index (χ4v) is 1.85. The molecule has 1 fully saturated rings. The maximum atomic E-state index is 11.5. The molecule has 4 heteroatoms. The highest BCUT2D eigenvalue weighted by molar-refractivity contribution is 5.76. The Kier molecular flexibility index (Phi) is 6.42. The van der Waals surface area contributed by atoms with Gasteiger partial charge in [0.15, 0.2) is 0 Å². The number of rotatable bonds is 7. The van der Waals surface area contributed by atoms with E-state index in [-0.39, 0.29) is 12.0 Å². The SMILES string of the molecule is CC(C)OCCCNC(=O)CC1CCCN1. The summed E-state index contributed by atoms with van der Waals surface area (Å²) in [4.78, 5) is 11.5. The van der Waals surface area contributed by atoms with Gasteiger partial charge >= 0.3 is 0 Å². The lowest BCUT2D eigenvalue weighted by Crippen LogP contribution is -2.32. The zero-order valence-electron chi connectivity index (χ0n) is 10.4. The number of amides is 1. The van der Waals surface area contributed by atoms with Crippen molar-refractivity contribution >= 4 is 5.91 Å². The van der Waals surface area contributed by atoms with E-state index in [9.17, 15) is 4.79 Å². The van der Waals surface area contributed by atoms with E-state index in [1.165, 1.54) is 6.42 Å². The molecule has 1 atom stereocenters. The van der Waals surface area contributed by atoms with E-state index < -0.39 is 0 Å². The van der Waals surface area contributed by atoms with Gasteiger partial charge in [0.2, 0.25) is 5.91 Å². The quantitative estimate of drug-likeness (QED) is 0.641. The van der Waals surface area contributed by atoms with Crippen LogP contribution in [0.5, 0.6) is 0 Å². The van der Waals surface area contributed by atoms with Crippen LogP contribution in [0.2, 0.25) is 0 Å². The van der Waals surface area contributed by atoms with Crippen LogP contribution in [0.1, 0.15) is 39.5 Å². The van der Waals surface area contributed by atoms with Crippen LogP contribution in [-0.4, -0.2) is 37.7 Å². The Morgan fingerprint density at radius 2 is 2.38 bits per heavy atom. The van der Waals surface area contributed by atoms with Crippen molar-refractivity contribution in [2.75, 3.05) is 19.7 Å². The van der Waals surface area contributed by atoms with Crippen molar-refractivity contribution in [1.82, 2.24) is 10.6 Å². The number of carbonyl (C=O) groups excluding carboxylic acids is 1. The lowest BCUT2D eigenvalue weighted by molar-refractivity contribution is -0.121. The van der Waals surface area contributed by atoms with Gasteiger partial charge in [-0.3, -0.25) is 4.79 Å². The number of hydrogen-bond acceptors (Lipinski definition) is 3.